The summed E-state index contributed by atoms with van der Waals surface area (Å²) in [6.07, 6.45) is 8.99. The maximum Gasteiger partial charge on any atom is 0.231 e. The molecule has 0 radical (unpaired) electrons. The lowest BCUT2D eigenvalue weighted by Gasteiger charge is -2.28. The fourth-order valence-corrected chi connectivity index (χ4v) is 2.19. The first kappa shape index (κ1) is 11.0. The Bertz CT molecular complexity index is 543. The highest BCUT2D eigenvalue weighted by Gasteiger charge is 2.19. The summed E-state index contributed by atoms with van der Waals surface area (Å²) in [4.78, 5) is 2.13. The van der Waals surface area contributed by atoms with Crippen LogP contribution in [0.3, 0.4) is 0 Å². The van der Waals surface area contributed by atoms with Gasteiger partial charge in [0.15, 0.2) is 0 Å². The molecule has 1 aromatic carbocycles. The lowest BCUT2D eigenvalue weighted by molar-refractivity contribution is 0.0636. The second-order valence-electron chi connectivity index (χ2n) is 4.24. The molecular formula is C15H15NO2. The van der Waals surface area contributed by atoms with Crippen LogP contribution in [0.25, 0.3) is 0 Å². The van der Waals surface area contributed by atoms with E-state index in [1.807, 2.05) is 43.5 Å². The van der Waals surface area contributed by atoms with Gasteiger partial charge in [0.05, 0.1) is 11.4 Å². The van der Waals surface area contributed by atoms with Gasteiger partial charge in [0.1, 0.15) is 11.5 Å². The maximum atomic E-state index is 5.68. The molecule has 3 nitrogen and oxygen atoms in total. The third-order valence-corrected chi connectivity index (χ3v) is 3.15. The molecule has 92 valence electrons. The zero-order valence-electron chi connectivity index (χ0n) is 10.3. The third kappa shape index (κ3) is 1.88. The average molecular weight is 241 g/mol. The standard InChI is InChI=1S/C15H15NO2/c1-16-12-7-3-2-4-9-14(12)17-11-18-15-10-6-5-8-13(15)16/h2-6,8-10H,7,11H2,1H3. The largest absolute Gasteiger partial charge is 0.456 e. The highest BCUT2D eigenvalue weighted by Crippen LogP contribution is 2.34. The van der Waals surface area contributed by atoms with Crippen LogP contribution in [-0.2, 0) is 4.74 Å². The lowest BCUT2D eigenvalue weighted by atomic mass is 10.2. The zero-order valence-corrected chi connectivity index (χ0v) is 10.3. The number of rotatable bonds is 0. The predicted molar refractivity (Wildman–Crippen MR) is 71.3 cm³/mol. The summed E-state index contributed by atoms with van der Waals surface area (Å²) in [6, 6.07) is 8.01. The molecule has 1 heterocycles. The van der Waals surface area contributed by atoms with E-state index in [-0.39, 0.29) is 6.79 Å². The first-order valence-electron chi connectivity index (χ1n) is 6.01. The van der Waals surface area contributed by atoms with Gasteiger partial charge in [-0.2, -0.15) is 0 Å². The molecule has 18 heavy (non-hydrogen) atoms. The minimum atomic E-state index is 0.244. The van der Waals surface area contributed by atoms with Crippen LogP contribution in [0.5, 0.6) is 5.75 Å². The topological polar surface area (TPSA) is 21.7 Å². The zero-order chi connectivity index (χ0) is 12.4. The van der Waals surface area contributed by atoms with Crippen molar-refractivity contribution in [1.82, 2.24) is 0 Å². The summed E-state index contributed by atoms with van der Waals surface area (Å²) in [5, 5.41) is 0. The normalized spacial score (nSPS) is 17.9. The van der Waals surface area contributed by atoms with Crippen molar-refractivity contribution in [3.8, 4) is 5.75 Å². The Morgan fingerprint density at radius 2 is 2.00 bits per heavy atom. The van der Waals surface area contributed by atoms with E-state index in [1.54, 1.807) is 0 Å². The van der Waals surface area contributed by atoms with Crippen LogP contribution in [0.1, 0.15) is 6.42 Å². The van der Waals surface area contributed by atoms with E-state index in [0.717, 1.165) is 29.3 Å². The van der Waals surface area contributed by atoms with Crippen LogP contribution in [0.2, 0.25) is 0 Å². The molecule has 0 saturated heterocycles. The number of ether oxygens (including phenoxy) is 2. The number of anilines is 1. The fraction of sp³-hybridized carbons (Fsp3) is 0.200. The summed E-state index contributed by atoms with van der Waals surface area (Å²) in [5.74, 6) is 1.72. The number of benzene rings is 1. The molecule has 0 amide bonds. The summed E-state index contributed by atoms with van der Waals surface area (Å²) >= 11 is 0. The Labute approximate surface area is 107 Å². The molecule has 3 heteroatoms. The van der Waals surface area contributed by atoms with Crippen LogP contribution in [-0.4, -0.2) is 13.8 Å². The van der Waals surface area contributed by atoms with Gasteiger partial charge in [-0.1, -0.05) is 30.4 Å². The molecule has 0 atom stereocenters. The van der Waals surface area contributed by atoms with Gasteiger partial charge in [0.25, 0.3) is 0 Å². The van der Waals surface area contributed by atoms with Crippen molar-refractivity contribution >= 4 is 5.69 Å². The molecule has 1 aromatic rings. The van der Waals surface area contributed by atoms with E-state index < -0.39 is 0 Å². The number of hydrogen-bond donors (Lipinski definition) is 0. The molecule has 0 bridgehead atoms. The van der Waals surface area contributed by atoms with Crippen molar-refractivity contribution in [3.05, 3.63) is 60.0 Å². The second kappa shape index (κ2) is 4.61. The molecule has 2 aliphatic rings. The Hall–Kier alpha value is -2.16. The molecule has 3 rings (SSSR count). The molecule has 0 unspecified atom stereocenters. The highest BCUT2D eigenvalue weighted by molar-refractivity contribution is 5.62. The van der Waals surface area contributed by atoms with Crippen molar-refractivity contribution in [2.75, 3.05) is 18.7 Å². The van der Waals surface area contributed by atoms with Crippen LogP contribution < -0.4 is 9.64 Å². The van der Waals surface area contributed by atoms with E-state index in [2.05, 4.69) is 17.0 Å². The van der Waals surface area contributed by atoms with Crippen LogP contribution in [0.4, 0.5) is 5.69 Å². The monoisotopic (exact) mass is 241 g/mol. The smallest absolute Gasteiger partial charge is 0.231 e. The van der Waals surface area contributed by atoms with Crippen molar-refractivity contribution in [1.29, 1.82) is 0 Å². The predicted octanol–water partition coefficient (Wildman–Crippen LogP) is 3.22. The van der Waals surface area contributed by atoms with Crippen molar-refractivity contribution < 1.29 is 9.47 Å². The average Bonchev–Trinajstić information content (AvgIpc) is 2.62. The highest BCUT2D eigenvalue weighted by atomic mass is 16.7. The molecule has 1 aliphatic heterocycles. The third-order valence-electron chi connectivity index (χ3n) is 3.15. The van der Waals surface area contributed by atoms with Crippen LogP contribution in [0, 0.1) is 0 Å². The number of fused-ring (bicyclic) bond motifs is 1. The second-order valence-corrected chi connectivity index (χ2v) is 4.24. The van der Waals surface area contributed by atoms with E-state index in [0.29, 0.717) is 0 Å². The number of allylic oxidation sites excluding steroid dienone is 4. The molecule has 0 N–H and O–H groups in total. The van der Waals surface area contributed by atoms with Crippen molar-refractivity contribution in [2.24, 2.45) is 0 Å². The quantitative estimate of drug-likeness (QED) is 0.696. The maximum absolute atomic E-state index is 5.68. The van der Waals surface area contributed by atoms with Gasteiger partial charge < -0.3 is 14.4 Å². The number of hydrogen-bond acceptors (Lipinski definition) is 3. The first-order valence-corrected chi connectivity index (χ1v) is 6.01. The van der Waals surface area contributed by atoms with E-state index >= 15 is 0 Å². The first-order chi connectivity index (χ1) is 8.86. The van der Waals surface area contributed by atoms with E-state index in [1.165, 1.54) is 0 Å². The van der Waals surface area contributed by atoms with Crippen molar-refractivity contribution in [2.45, 2.75) is 6.42 Å². The van der Waals surface area contributed by atoms with Crippen molar-refractivity contribution in [3.63, 3.8) is 0 Å². The lowest BCUT2D eigenvalue weighted by Crippen LogP contribution is -2.22. The summed E-state index contributed by atoms with van der Waals surface area (Å²) in [5.41, 5.74) is 2.22. The van der Waals surface area contributed by atoms with Crippen LogP contribution >= 0.6 is 0 Å². The van der Waals surface area contributed by atoms with Gasteiger partial charge in [-0.3, -0.25) is 0 Å². The Morgan fingerprint density at radius 3 is 2.94 bits per heavy atom. The fourth-order valence-electron chi connectivity index (χ4n) is 2.19. The summed E-state index contributed by atoms with van der Waals surface area (Å²) in [6.45, 7) is 0.244. The van der Waals surface area contributed by atoms with Gasteiger partial charge in [-0.15, -0.1) is 0 Å². The van der Waals surface area contributed by atoms with Gasteiger partial charge in [0.2, 0.25) is 6.79 Å². The van der Waals surface area contributed by atoms with Gasteiger partial charge >= 0.3 is 0 Å². The minimum Gasteiger partial charge on any atom is -0.456 e. The van der Waals surface area contributed by atoms with E-state index in [4.69, 9.17) is 9.47 Å². The Balaban J connectivity index is 2.09. The summed E-state index contributed by atoms with van der Waals surface area (Å²) < 4.78 is 11.3. The molecule has 0 fully saturated rings. The van der Waals surface area contributed by atoms with Gasteiger partial charge in [0, 0.05) is 13.5 Å². The number of nitrogens with zero attached hydrogens (tertiary/aromatic N) is 1. The van der Waals surface area contributed by atoms with Gasteiger partial charge in [-0.05, 0) is 18.2 Å². The Kier molecular flexibility index (Phi) is 2.81. The molecule has 1 aliphatic carbocycles. The van der Waals surface area contributed by atoms with E-state index in [9.17, 15) is 0 Å². The van der Waals surface area contributed by atoms with Gasteiger partial charge in [-0.25, -0.2) is 0 Å². The van der Waals surface area contributed by atoms with Crippen LogP contribution in [0.15, 0.2) is 60.0 Å². The molecular weight excluding hydrogens is 226 g/mol. The molecule has 0 aromatic heterocycles. The number of para-hydroxylation sites is 2. The minimum absolute atomic E-state index is 0.244. The Morgan fingerprint density at radius 1 is 1.11 bits per heavy atom. The SMILES string of the molecule is CN1C2=C(C=CC=CC2)OCOc2ccccc21. The molecule has 0 saturated carbocycles. The summed E-state index contributed by atoms with van der Waals surface area (Å²) in [7, 11) is 2.04. The molecule has 0 spiro atoms.